The van der Waals surface area contributed by atoms with E-state index in [1.807, 2.05) is 45.0 Å². The number of benzene rings is 3. The number of imide groups is 1. The van der Waals surface area contributed by atoms with E-state index in [2.05, 4.69) is 5.32 Å². The highest BCUT2D eigenvalue weighted by Crippen LogP contribution is 2.40. The number of aryl methyl sites for hydroxylation is 1. The summed E-state index contributed by atoms with van der Waals surface area (Å²) in [6.07, 6.45) is 3.23. The molecule has 1 fully saturated rings. The minimum absolute atomic E-state index is 0.186. The van der Waals surface area contributed by atoms with E-state index in [9.17, 15) is 14.4 Å². The third-order valence-corrected chi connectivity index (χ3v) is 7.08. The monoisotopic (exact) mass is 480 g/mol. The molecular weight excluding hydrogens is 452 g/mol. The van der Waals surface area contributed by atoms with E-state index in [0.29, 0.717) is 35.5 Å². The van der Waals surface area contributed by atoms with Crippen LogP contribution in [0.3, 0.4) is 0 Å². The van der Waals surface area contributed by atoms with Crippen molar-refractivity contribution < 1.29 is 19.1 Å². The summed E-state index contributed by atoms with van der Waals surface area (Å²) in [5.74, 6) is 0.128. The van der Waals surface area contributed by atoms with E-state index in [4.69, 9.17) is 4.74 Å². The predicted octanol–water partition coefficient (Wildman–Crippen LogP) is 6.19. The maximum atomic E-state index is 13.0. The molecule has 6 heteroatoms. The number of hydrogen-bond donors (Lipinski definition) is 1. The van der Waals surface area contributed by atoms with Crippen LogP contribution in [0.1, 0.15) is 41.3 Å². The van der Waals surface area contributed by atoms with E-state index < -0.39 is 0 Å². The number of nitrogens with one attached hydrogen (secondary N) is 1. The Bertz CT molecular complexity index is 1390. The quantitative estimate of drug-likeness (QED) is 0.349. The minimum atomic E-state index is -0.325. The summed E-state index contributed by atoms with van der Waals surface area (Å²) in [6.45, 7) is 6.04. The van der Waals surface area contributed by atoms with Crippen molar-refractivity contribution in [1.29, 1.82) is 0 Å². The Balaban J connectivity index is 1.28. The van der Waals surface area contributed by atoms with Gasteiger partial charge in [-0.3, -0.25) is 19.3 Å². The predicted molar refractivity (Wildman–Crippen MR) is 139 cm³/mol. The van der Waals surface area contributed by atoms with Gasteiger partial charge in [0.25, 0.3) is 5.91 Å². The first kappa shape index (κ1) is 23.5. The second-order valence-corrected chi connectivity index (χ2v) is 9.54. The molecule has 0 radical (unpaired) electrons. The highest BCUT2D eigenvalue weighted by atomic mass is 16.5. The lowest BCUT2D eigenvalue weighted by molar-refractivity contribution is -0.122. The second-order valence-electron chi connectivity index (χ2n) is 9.54. The standard InChI is InChI=1S/C30H28N2O4/c1-18-10-15-25-26(16-18)30(35)32(29(25)34)23-8-5-7-21(17-23)28(33)31-22-11-13-24(14-12-22)36-27-9-4-6-19(2)20(27)3/h4-14,17,25-26H,15-16H2,1-3H3,(H,31,33)/t25-,26-/m1/s1. The number of fused-ring (bicyclic) bond motifs is 1. The Labute approximate surface area is 210 Å². The van der Waals surface area contributed by atoms with Gasteiger partial charge in [0.1, 0.15) is 11.5 Å². The highest BCUT2D eigenvalue weighted by molar-refractivity contribution is 6.22. The Morgan fingerprint density at radius 2 is 1.64 bits per heavy atom. The van der Waals surface area contributed by atoms with Gasteiger partial charge in [0.15, 0.2) is 0 Å². The Morgan fingerprint density at radius 3 is 2.42 bits per heavy atom. The molecule has 0 spiro atoms. The van der Waals surface area contributed by atoms with Gasteiger partial charge < -0.3 is 10.1 Å². The molecule has 36 heavy (non-hydrogen) atoms. The summed E-state index contributed by atoms with van der Waals surface area (Å²) in [4.78, 5) is 40.2. The number of carbonyl (C=O) groups excluding carboxylic acids is 3. The second kappa shape index (κ2) is 9.46. The normalized spacial score (nSPS) is 19.1. The molecule has 3 amide bonds. The fourth-order valence-corrected chi connectivity index (χ4v) is 4.85. The smallest absolute Gasteiger partial charge is 0.255 e. The molecular formula is C30H28N2O4. The van der Waals surface area contributed by atoms with Crippen LogP contribution in [0.5, 0.6) is 11.5 Å². The molecule has 0 unspecified atom stereocenters. The van der Waals surface area contributed by atoms with Crippen molar-refractivity contribution >= 4 is 29.1 Å². The average Bonchev–Trinajstić information content (AvgIpc) is 3.12. The van der Waals surface area contributed by atoms with Gasteiger partial charge in [-0.15, -0.1) is 0 Å². The zero-order chi connectivity index (χ0) is 25.4. The van der Waals surface area contributed by atoms with Crippen LogP contribution in [0, 0.1) is 25.7 Å². The van der Waals surface area contributed by atoms with Crippen molar-refractivity contribution in [1.82, 2.24) is 0 Å². The molecule has 2 atom stereocenters. The zero-order valence-electron chi connectivity index (χ0n) is 20.6. The Kier molecular flexibility index (Phi) is 6.18. The number of amides is 3. The van der Waals surface area contributed by atoms with Crippen LogP contribution in [0.2, 0.25) is 0 Å². The van der Waals surface area contributed by atoms with Crippen molar-refractivity contribution in [2.24, 2.45) is 11.8 Å². The lowest BCUT2D eigenvalue weighted by Crippen LogP contribution is -2.31. The average molecular weight is 481 g/mol. The molecule has 182 valence electrons. The van der Waals surface area contributed by atoms with Gasteiger partial charge in [-0.2, -0.15) is 0 Å². The number of hydrogen-bond acceptors (Lipinski definition) is 4. The van der Waals surface area contributed by atoms with Gasteiger partial charge in [0.2, 0.25) is 11.8 Å². The fourth-order valence-electron chi connectivity index (χ4n) is 4.85. The molecule has 6 nitrogen and oxygen atoms in total. The Morgan fingerprint density at radius 1 is 0.917 bits per heavy atom. The lowest BCUT2D eigenvalue weighted by Gasteiger charge is -2.18. The van der Waals surface area contributed by atoms with Gasteiger partial charge in [-0.1, -0.05) is 29.8 Å². The molecule has 1 heterocycles. The van der Waals surface area contributed by atoms with Crippen molar-refractivity contribution in [3.05, 3.63) is 95.1 Å². The maximum Gasteiger partial charge on any atom is 0.255 e. The van der Waals surface area contributed by atoms with E-state index in [1.54, 1.807) is 48.5 Å². The summed E-state index contributed by atoms with van der Waals surface area (Å²) in [6, 6.07) is 19.7. The molecule has 1 aliphatic heterocycles. The van der Waals surface area contributed by atoms with Gasteiger partial charge in [-0.05, 0) is 93.3 Å². The van der Waals surface area contributed by atoms with Gasteiger partial charge in [0.05, 0.1) is 17.5 Å². The third kappa shape index (κ3) is 4.42. The summed E-state index contributed by atoms with van der Waals surface area (Å²) in [5.41, 5.74) is 4.78. The molecule has 5 rings (SSSR count). The van der Waals surface area contributed by atoms with Crippen molar-refractivity contribution in [3.63, 3.8) is 0 Å². The fraction of sp³-hybridized carbons (Fsp3) is 0.233. The Hall–Kier alpha value is -4.19. The SMILES string of the molecule is CC1=CC[C@H]2C(=O)N(c3cccc(C(=O)Nc4ccc(Oc5cccc(C)c5C)cc4)c3)C(=O)[C@@H]2C1. The summed E-state index contributed by atoms with van der Waals surface area (Å²) >= 11 is 0. The van der Waals surface area contributed by atoms with Crippen LogP contribution >= 0.6 is 0 Å². The van der Waals surface area contributed by atoms with Crippen LogP contribution < -0.4 is 15.0 Å². The van der Waals surface area contributed by atoms with Crippen LogP contribution in [-0.2, 0) is 9.59 Å². The van der Waals surface area contributed by atoms with Gasteiger partial charge in [0, 0.05) is 11.3 Å². The number of allylic oxidation sites excluding steroid dienone is 2. The van der Waals surface area contributed by atoms with Crippen LogP contribution in [0.25, 0.3) is 0 Å². The molecule has 0 aromatic heterocycles. The first-order valence-corrected chi connectivity index (χ1v) is 12.1. The number of carbonyl (C=O) groups is 3. The molecule has 3 aromatic rings. The molecule has 2 aliphatic rings. The van der Waals surface area contributed by atoms with Crippen LogP contribution in [0.15, 0.2) is 78.4 Å². The van der Waals surface area contributed by atoms with E-state index in [-0.39, 0.29) is 29.6 Å². The topological polar surface area (TPSA) is 75.7 Å². The van der Waals surface area contributed by atoms with E-state index in [0.717, 1.165) is 22.4 Å². The molecule has 0 saturated carbocycles. The number of anilines is 2. The first-order chi connectivity index (χ1) is 17.3. The maximum absolute atomic E-state index is 13.0. The first-order valence-electron chi connectivity index (χ1n) is 12.1. The zero-order valence-corrected chi connectivity index (χ0v) is 20.6. The van der Waals surface area contributed by atoms with E-state index in [1.165, 1.54) is 4.90 Å². The molecule has 3 aromatic carbocycles. The lowest BCUT2D eigenvalue weighted by atomic mass is 9.82. The highest BCUT2D eigenvalue weighted by Gasteiger charge is 2.48. The summed E-state index contributed by atoms with van der Waals surface area (Å²) < 4.78 is 5.99. The summed E-state index contributed by atoms with van der Waals surface area (Å²) in [5, 5.41) is 2.87. The van der Waals surface area contributed by atoms with Crippen LogP contribution in [0.4, 0.5) is 11.4 Å². The van der Waals surface area contributed by atoms with Gasteiger partial charge >= 0.3 is 0 Å². The largest absolute Gasteiger partial charge is 0.457 e. The molecule has 1 N–H and O–H groups in total. The van der Waals surface area contributed by atoms with Gasteiger partial charge in [-0.25, -0.2) is 0 Å². The molecule has 1 saturated heterocycles. The molecule has 1 aliphatic carbocycles. The van der Waals surface area contributed by atoms with E-state index >= 15 is 0 Å². The third-order valence-electron chi connectivity index (χ3n) is 7.08. The van der Waals surface area contributed by atoms with Crippen molar-refractivity contribution in [3.8, 4) is 11.5 Å². The number of ether oxygens (including phenoxy) is 1. The van der Waals surface area contributed by atoms with Crippen molar-refractivity contribution in [2.75, 3.05) is 10.2 Å². The number of nitrogens with zero attached hydrogens (tertiary/aromatic N) is 1. The molecule has 0 bridgehead atoms. The van der Waals surface area contributed by atoms with Crippen LogP contribution in [-0.4, -0.2) is 17.7 Å². The summed E-state index contributed by atoms with van der Waals surface area (Å²) in [7, 11) is 0. The number of rotatable bonds is 5. The minimum Gasteiger partial charge on any atom is -0.457 e. The van der Waals surface area contributed by atoms with Crippen molar-refractivity contribution in [2.45, 2.75) is 33.6 Å².